The highest BCUT2D eigenvalue weighted by atomic mass is 19.1. The van der Waals surface area contributed by atoms with E-state index < -0.39 is 0 Å². The Bertz CT molecular complexity index is 460. The fraction of sp³-hybridized carbons (Fsp3) is 0.500. The Balaban J connectivity index is 2.22. The summed E-state index contributed by atoms with van der Waals surface area (Å²) in [6.45, 7) is 4.46. The van der Waals surface area contributed by atoms with Crippen molar-refractivity contribution in [3.8, 4) is 6.07 Å². The zero-order valence-corrected chi connectivity index (χ0v) is 10.3. The zero-order chi connectivity index (χ0) is 12.5. The van der Waals surface area contributed by atoms with Crippen molar-refractivity contribution in [3.05, 3.63) is 29.6 Å². The second-order valence-corrected chi connectivity index (χ2v) is 5.38. The van der Waals surface area contributed by atoms with Crippen LogP contribution in [0.5, 0.6) is 0 Å². The smallest absolute Gasteiger partial charge is 0.124 e. The van der Waals surface area contributed by atoms with E-state index in [0.717, 1.165) is 12.1 Å². The summed E-state index contributed by atoms with van der Waals surface area (Å²) in [4.78, 5) is 0. The fourth-order valence-corrected chi connectivity index (χ4v) is 2.52. The van der Waals surface area contributed by atoms with Crippen molar-refractivity contribution in [1.29, 1.82) is 5.26 Å². The van der Waals surface area contributed by atoms with E-state index in [-0.39, 0.29) is 11.2 Å². The average molecular weight is 232 g/mol. The highest BCUT2D eigenvalue weighted by Gasteiger charge is 2.34. The van der Waals surface area contributed by atoms with Crippen LogP contribution >= 0.6 is 0 Å². The Hall–Kier alpha value is -1.56. The second-order valence-electron chi connectivity index (χ2n) is 5.38. The molecule has 3 heteroatoms. The van der Waals surface area contributed by atoms with Gasteiger partial charge in [0.25, 0.3) is 0 Å². The number of halogens is 1. The molecule has 1 aromatic carbocycles. The number of nitrogens with zero attached hydrogens (tertiary/aromatic N) is 1. The summed E-state index contributed by atoms with van der Waals surface area (Å²) in [5.41, 5.74) is 1.36. The normalized spacial score (nSPS) is 22.1. The summed E-state index contributed by atoms with van der Waals surface area (Å²) in [6, 6.07) is 6.73. The van der Waals surface area contributed by atoms with Gasteiger partial charge >= 0.3 is 0 Å². The van der Waals surface area contributed by atoms with Crippen LogP contribution in [0.2, 0.25) is 0 Å². The van der Waals surface area contributed by atoms with E-state index in [9.17, 15) is 4.39 Å². The molecule has 1 aliphatic rings. The molecule has 1 atom stereocenters. The van der Waals surface area contributed by atoms with Gasteiger partial charge in [-0.3, -0.25) is 0 Å². The number of hydrogen-bond donors (Lipinski definition) is 1. The van der Waals surface area contributed by atoms with Crippen LogP contribution in [0.25, 0.3) is 0 Å². The number of hydrogen-bond acceptors (Lipinski definition) is 2. The summed E-state index contributed by atoms with van der Waals surface area (Å²) in [5.74, 6) is -0.363. The largest absolute Gasteiger partial charge is 0.381 e. The van der Waals surface area contributed by atoms with Crippen molar-refractivity contribution in [2.24, 2.45) is 5.41 Å². The third kappa shape index (κ3) is 2.41. The van der Waals surface area contributed by atoms with Gasteiger partial charge in [0.15, 0.2) is 0 Å². The molecule has 0 aromatic heterocycles. The van der Waals surface area contributed by atoms with Crippen molar-refractivity contribution in [2.75, 3.05) is 5.32 Å². The molecule has 1 unspecified atom stereocenters. The Labute approximate surface area is 101 Å². The first-order chi connectivity index (χ1) is 8.03. The molecule has 2 nitrogen and oxygen atoms in total. The molecule has 1 fully saturated rings. The first-order valence-electron chi connectivity index (χ1n) is 5.99. The predicted molar refractivity (Wildman–Crippen MR) is 66.2 cm³/mol. The molecule has 1 aliphatic carbocycles. The predicted octanol–water partition coefficient (Wildman–Crippen LogP) is 3.69. The standard InChI is InChI=1S/C14H17FN2/c1-14(2)7-3-4-13(14)17-12-6-5-11(15)8-10(12)9-16/h5-6,8,13,17H,3-4,7H2,1-2H3. The molecule has 1 N–H and O–H groups in total. The van der Waals surface area contributed by atoms with Gasteiger partial charge in [0.1, 0.15) is 11.9 Å². The number of nitrogens with one attached hydrogen (secondary N) is 1. The van der Waals surface area contributed by atoms with E-state index >= 15 is 0 Å². The van der Waals surface area contributed by atoms with Gasteiger partial charge in [-0.1, -0.05) is 20.3 Å². The van der Waals surface area contributed by atoms with Gasteiger partial charge in [-0.05, 0) is 36.5 Å². The summed E-state index contributed by atoms with van der Waals surface area (Å²) >= 11 is 0. The van der Waals surface area contributed by atoms with Gasteiger partial charge in [-0.25, -0.2) is 4.39 Å². The lowest BCUT2D eigenvalue weighted by Gasteiger charge is -2.29. The topological polar surface area (TPSA) is 35.8 Å². The van der Waals surface area contributed by atoms with Gasteiger partial charge < -0.3 is 5.32 Å². The Kier molecular flexibility index (Phi) is 3.06. The lowest BCUT2D eigenvalue weighted by molar-refractivity contribution is 0.350. The van der Waals surface area contributed by atoms with Gasteiger partial charge in [-0.15, -0.1) is 0 Å². The maximum absolute atomic E-state index is 13.0. The van der Waals surface area contributed by atoms with Crippen LogP contribution < -0.4 is 5.32 Å². The van der Waals surface area contributed by atoms with Crippen molar-refractivity contribution in [3.63, 3.8) is 0 Å². The highest BCUT2D eigenvalue weighted by Crippen LogP contribution is 2.39. The van der Waals surface area contributed by atoms with Crippen LogP contribution in [0, 0.1) is 22.6 Å². The molecule has 0 amide bonds. The van der Waals surface area contributed by atoms with Gasteiger partial charge in [0.2, 0.25) is 0 Å². The fourth-order valence-electron chi connectivity index (χ4n) is 2.52. The summed E-state index contributed by atoms with van der Waals surface area (Å²) < 4.78 is 13.0. The number of benzene rings is 1. The Morgan fingerprint density at radius 1 is 1.47 bits per heavy atom. The van der Waals surface area contributed by atoms with Crippen molar-refractivity contribution in [2.45, 2.75) is 39.2 Å². The molecule has 0 heterocycles. The van der Waals surface area contributed by atoms with Crippen molar-refractivity contribution >= 4 is 5.69 Å². The first-order valence-corrected chi connectivity index (χ1v) is 5.99. The third-order valence-corrected chi connectivity index (χ3v) is 3.69. The number of rotatable bonds is 2. The second kappa shape index (κ2) is 4.37. The van der Waals surface area contributed by atoms with Crippen molar-refractivity contribution < 1.29 is 4.39 Å². The van der Waals surface area contributed by atoms with E-state index in [1.54, 1.807) is 6.07 Å². The molecule has 1 aromatic rings. The number of anilines is 1. The lowest BCUT2D eigenvalue weighted by atomic mass is 9.87. The maximum atomic E-state index is 13.0. The van der Waals surface area contributed by atoms with E-state index in [2.05, 4.69) is 19.2 Å². The third-order valence-electron chi connectivity index (χ3n) is 3.69. The van der Waals surface area contributed by atoms with Crippen LogP contribution in [0.15, 0.2) is 18.2 Å². The number of nitriles is 1. The van der Waals surface area contributed by atoms with E-state index in [1.165, 1.54) is 25.0 Å². The van der Waals surface area contributed by atoms with Gasteiger partial charge in [0.05, 0.1) is 11.3 Å². The minimum absolute atomic E-state index is 0.237. The summed E-state index contributed by atoms with van der Waals surface area (Å²) in [7, 11) is 0. The van der Waals surface area contributed by atoms with Crippen molar-refractivity contribution in [1.82, 2.24) is 0 Å². The molecule has 0 spiro atoms. The van der Waals surface area contributed by atoms with E-state index in [4.69, 9.17) is 5.26 Å². The molecule has 2 rings (SSSR count). The van der Waals surface area contributed by atoms with Gasteiger partial charge in [-0.2, -0.15) is 5.26 Å². The van der Waals surface area contributed by atoms with Crippen LogP contribution in [0.3, 0.4) is 0 Å². The lowest BCUT2D eigenvalue weighted by Crippen LogP contribution is -2.31. The Morgan fingerprint density at radius 2 is 2.24 bits per heavy atom. The highest BCUT2D eigenvalue weighted by molar-refractivity contribution is 5.58. The molecule has 0 bridgehead atoms. The van der Waals surface area contributed by atoms with E-state index in [0.29, 0.717) is 11.6 Å². The minimum Gasteiger partial charge on any atom is -0.381 e. The Morgan fingerprint density at radius 3 is 2.82 bits per heavy atom. The van der Waals surface area contributed by atoms with Crippen LogP contribution in [-0.4, -0.2) is 6.04 Å². The molecular formula is C14H17FN2. The molecule has 0 saturated heterocycles. The minimum atomic E-state index is -0.363. The first kappa shape index (κ1) is 11.9. The van der Waals surface area contributed by atoms with Crippen LogP contribution in [0.1, 0.15) is 38.7 Å². The molecule has 17 heavy (non-hydrogen) atoms. The molecule has 90 valence electrons. The summed E-state index contributed by atoms with van der Waals surface area (Å²) in [6.07, 6.45) is 3.50. The summed E-state index contributed by atoms with van der Waals surface area (Å²) in [5, 5.41) is 12.4. The monoisotopic (exact) mass is 232 g/mol. The zero-order valence-electron chi connectivity index (χ0n) is 10.3. The maximum Gasteiger partial charge on any atom is 0.124 e. The van der Waals surface area contributed by atoms with Crippen LogP contribution in [0.4, 0.5) is 10.1 Å². The molecule has 0 radical (unpaired) electrons. The molecule has 0 aliphatic heterocycles. The quantitative estimate of drug-likeness (QED) is 0.844. The molecule has 1 saturated carbocycles. The molecular weight excluding hydrogens is 215 g/mol. The van der Waals surface area contributed by atoms with E-state index in [1.807, 2.05) is 6.07 Å². The SMILES string of the molecule is CC1(C)CCCC1Nc1ccc(F)cc1C#N. The van der Waals surface area contributed by atoms with Crippen LogP contribution in [-0.2, 0) is 0 Å². The van der Waals surface area contributed by atoms with Gasteiger partial charge in [0, 0.05) is 6.04 Å². The average Bonchev–Trinajstić information content (AvgIpc) is 2.61.